The zero-order valence-electron chi connectivity index (χ0n) is 14.7. The molecule has 0 spiro atoms. The fraction of sp³-hybridized carbons (Fsp3) is 0.0476. The highest BCUT2D eigenvalue weighted by Gasteiger charge is 2.40. The molecule has 4 rings (SSSR count). The first-order chi connectivity index (χ1) is 13.5. The van der Waals surface area contributed by atoms with E-state index in [0.29, 0.717) is 16.3 Å². The summed E-state index contributed by atoms with van der Waals surface area (Å²) in [5.74, 6) is -0.840. The molecule has 1 aliphatic heterocycles. The molecule has 1 aromatic heterocycles. The Morgan fingerprint density at radius 2 is 1.68 bits per heavy atom. The molecule has 0 aliphatic carbocycles. The molecule has 2 heterocycles. The molecule has 0 radical (unpaired) electrons. The standard InChI is InChI=1S/C21H14Cl2N2O2S/c1-12-4-6-13(7-5-12)24-19-18(17-3-2-10-28-17)20(26)25(21(19)27)14-8-9-15(22)16(23)11-14/h2-11,24H,1H3. The second-order valence-corrected chi connectivity index (χ2v) is 8.02. The molecular weight excluding hydrogens is 415 g/mol. The lowest BCUT2D eigenvalue weighted by atomic mass is 10.1. The molecule has 4 nitrogen and oxygen atoms in total. The Hall–Kier alpha value is -2.60. The van der Waals surface area contributed by atoms with Crippen LogP contribution in [0.4, 0.5) is 11.4 Å². The van der Waals surface area contributed by atoms with E-state index in [1.807, 2.05) is 48.7 Å². The Kier molecular flexibility index (Phi) is 4.98. The second kappa shape index (κ2) is 7.43. The number of rotatable bonds is 4. The van der Waals surface area contributed by atoms with E-state index in [1.165, 1.54) is 17.4 Å². The number of carbonyl (C=O) groups is 2. The van der Waals surface area contributed by atoms with Crippen molar-refractivity contribution in [3.8, 4) is 0 Å². The maximum Gasteiger partial charge on any atom is 0.282 e. The number of amides is 2. The van der Waals surface area contributed by atoms with Crippen molar-refractivity contribution >= 4 is 63.3 Å². The minimum atomic E-state index is -0.438. The van der Waals surface area contributed by atoms with Crippen molar-refractivity contribution < 1.29 is 9.59 Å². The summed E-state index contributed by atoms with van der Waals surface area (Å²) in [6.07, 6.45) is 0. The third kappa shape index (κ3) is 3.33. The molecule has 0 atom stereocenters. The van der Waals surface area contributed by atoms with E-state index >= 15 is 0 Å². The van der Waals surface area contributed by atoms with Crippen molar-refractivity contribution in [2.24, 2.45) is 0 Å². The first-order valence-electron chi connectivity index (χ1n) is 8.41. The number of nitrogens with zero attached hydrogens (tertiary/aromatic N) is 1. The zero-order valence-corrected chi connectivity index (χ0v) is 17.0. The Bertz CT molecular complexity index is 1110. The van der Waals surface area contributed by atoms with E-state index in [2.05, 4.69) is 5.32 Å². The number of benzene rings is 2. The van der Waals surface area contributed by atoms with Crippen molar-refractivity contribution in [3.63, 3.8) is 0 Å². The number of aryl methyl sites for hydroxylation is 1. The van der Waals surface area contributed by atoms with Gasteiger partial charge in [-0.2, -0.15) is 0 Å². The molecule has 0 unspecified atom stereocenters. The van der Waals surface area contributed by atoms with Crippen molar-refractivity contribution in [3.05, 3.63) is 86.2 Å². The van der Waals surface area contributed by atoms with Crippen LogP contribution in [0.2, 0.25) is 10.0 Å². The van der Waals surface area contributed by atoms with Crippen LogP contribution in [0, 0.1) is 6.92 Å². The number of nitrogens with one attached hydrogen (secondary N) is 1. The van der Waals surface area contributed by atoms with Crippen LogP contribution in [-0.2, 0) is 9.59 Å². The van der Waals surface area contributed by atoms with Gasteiger partial charge in [0.1, 0.15) is 5.70 Å². The normalized spacial score (nSPS) is 14.2. The average molecular weight is 429 g/mol. The van der Waals surface area contributed by atoms with Crippen molar-refractivity contribution in [2.75, 3.05) is 10.2 Å². The van der Waals surface area contributed by atoms with Gasteiger partial charge in [0.05, 0.1) is 21.3 Å². The highest BCUT2D eigenvalue weighted by Crippen LogP contribution is 2.37. The van der Waals surface area contributed by atoms with Gasteiger partial charge in [-0.15, -0.1) is 11.3 Å². The van der Waals surface area contributed by atoms with E-state index in [0.717, 1.165) is 21.0 Å². The molecule has 140 valence electrons. The van der Waals surface area contributed by atoms with Crippen LogP contribution in [0.1, 0.15) is 10.4 Å². The van der Waals surface area contributed by atoms with Crippen molar-refractivity contribution in [1.82, 2.24) is 0 Å². The average Bonchev–Trinajstić information content (AvgIpc) is 3.27. The molecule has 3 aromatic rings. The molecule has 0 saturated heterocycles. The van der Waals surface area contributed by atoms with Crippen LogP contribution < -0.4 is 10.2 Å². The number of anilines is 2. The molecule has 1 N–H and O–H groups in total. The van der Waals surface area contributed by atoms with Crippen LogP contribution in [0.15, 0.2) is 65.7 Å². The molecule has 1 aliphatic rings. The van der Waals surface area contributed by atoms with Gasteiger partial charge < -0.3 is 5.32 Å². The Balaban J connectivity index is 1.79. The maximum atomic E-state index is 13.2. The predicted molar refractivity (Wildman–Crippen MR) is 115 cm³/mol. The quantitative estimate of drug-likeness (QED) is 0.537. The van der Waals surface area contributed by atoms with Gasteiger partial charge in [0.15, 0.2) is 0 Å². The smallest absolute Gasteiger partial charge is 0.282 e. The summed E-state index contributed by atoms with van der Waals surface area (Å²) in [5, 5.41) is 5.62. The van der Waals surface area contributed by atoms with Gasteiger partial charge in [-0.05, 0) is 48.7 Å². The van der Waals surface area contributed by atoms with Gasteiger partial charge in [0.25, 0.3) is 11.8 Å². The minimum absolute atomic E-state index is 0.238. The summed E-state index contributed by atoms with van der Waals surface area (Å²) in [6.45, 7) is 1.98. The summed E-state index contributed by atoms with van der Waals surface area (Å²) < 4.78 is 0. The number of hydrogen-bond acceptors (Lipinski definition) is 4. The highest BCUT2D eigenvalue weighted by atomic mass is 35.5. The lowest BCUT2D eigenvalue weighted by Crippen LogP contribution is -2.32. The van der Waals surface area contributed by atoms with E-state index in [9.17, 15) is 9.59 Å². The fourth-order valence-electron chi connectivity index (χ4n) is 2.93. The molecule has 28 heavy (non-hydrogen) atoms. The highest BCUT2D eigenvalue weighted by molar-refractivity contribution is 7.11. The van der Waals surface area contributed by atoms with Gasteiger partial charge in [-0.3, -0.25) is 9.59 Å². The van der Waals surface area contributed by atoms with Gasteiger partial charge in [0, 0.05) is 10.6 Å². The van der Waals surface area contributed by atoms with Crippen LogP contribution in [0.3, 0.4) is 0 Å². The monoisotopic (exact) mass is 428 g/mol. The number of halogens is 2. The van der Waals surface area contributed by atoms with Crippen LogP contribution in [-0.4, -0.2) is 11.8 Å². The van der Waals surface area contributed by atoms with Crippen LogP contribution >= 0.6 is 34.5 Å². The first kappa shape index (κ1) is 18.7. The zero-order chi connectivity index (χ0) is 19.8. The summed E-state index contributed by atoms with van der Waals surface area (Å²) in [5.41, 5.74) is 2.78. The van der Waals surface area contributed by atoms with Crippen molar-refractivity contribution in [1.29, 1.82) is 0 Å². The summed E-state index contributed by atoms with van der Waals surface area (Å²) >= 11 is 13.5. The molecular formula is C21H14Cl2N2O2S. The van der Waals surface area contributed by atoms with E-state index in [1.54, 1.807) is 12.1 Å². The number of imide groups is 1. The van der Waals surface area contributed by atoms with E-state index in [4.69, 9.17) is 23.2 Å². The first-order valence-corrected chi connectivity index (χ1v) is 10.0. The second-order valence-electron chi connectivity index (χ2n) is 6.26. The maximum absolute atomic E-state index is 13.2. The Labute approximate surface area is 176 Å². The fourth-order valence-corrected chi connectivity index (χ4v) is 4.00. The SMILES string of the molecule is Cc1ccc(NC2=C(c3cccs3)C(=O)N(c3ccc(Cl)c(Cl)c3)C2=O)cc1. The number of carbonyl (C=O) groups excluding carboxylic acids is 2. The topological polar surface area (TPSA) is 49.4 Å². The lowest BCUT2D eigenvalue weighted by Gasteiger charge is -2.16. The number of thiophene rings is 1. The molecule has 2 amide bonds. The largest absolute Gasteiger partial charge is 0.350 e. The van der Waals surface area contributed by atoms with Gasteiger partial charge >= 0.3 is 0 Å². The molecule has 7 heteroatoms. The summed E-state index contributed by atoms with van der Waals surface area (Å²) in [4.78, 5) is 28.2. The molecule has 0 bridgehead atoms. The van der Waals surface area contributed by atoms with Crippen molar-refractivity contribution in [2.45, 2.75) is 6.92 Å². The van der Waals surface area contributed by atoms with Gasteiger partial charge in [0.2, 0.25) is 0 Å². The van der Waals surface area contributed by atoms with Gasteiger partial charge in [-0.25, -0.2) is 4.90 Å². The molecule has 2 aromatic carbocycles. The Morgan fingerprint density at radius 3 is 2.32 bits per heavy atom. The van der Waals surface area contributed by atoms with Crippen LogP contribution in [0.5, 0.6) is 0 Å². The van der Waals surface area contributed by atoms with E-state index in [-0.39, 0.29) is 10.7 Å². The Morgan fingerprint density at radius 1 is 0.929 bits per heavy atom. The lowest BCUT2D eigenvalue weighted by molar-refractivity contribution is -0.120. The summed E-state index contributed by atoms with van der Waals surface area (Å²) in [6, 6.07) is 16.0. The van der Waals surface area contributed by atoms with E-state index < -0.39 is 11.8 Å². The minimum Gasteiger partial charge on any atom is -0.350 e. The predicted octanol–water partition coefficient (Wildman–Crippen LogP) is 5.76. The summed E-state index contributed by atoms with van der Waals surface area (Å²) in [7, 11) is 0. The number of hydrogen-bond donors (Lipinski definition) is 1. The van der Waals surface area contributed by atoms with Crippen LogP contribution in [0.25, 0.3) is 5.57 Å². The third-order valence-electron chi connectivity index (χ3n) is 4.33. The molecule has 0 fully saturated rings. The van der Waals surface area contributed by atoms with Gasteiger partial charge in [-0.1, -0.05) is 47.0 Å². The molecule has 0 saturated carbocycles. The third-order valence-corrected chi connectivity index (χ3v) is 5.96.